The SMILES string of the molecule is CC(C)CC[n+]1ccc2ccccc2c1.[I-]. The Bertz CT molecular complexity index is 451. The van der Waals surface area contributed by atoms with Crippen LogP contribution in [0.4, 0.5) is 0 Å². The van der Waals surface area contributed by atoms with Crippen molar-refractivity contribution in [2.45, 2.75) is 26.8 Å². The molecule has 2 rings (SSSR count). The van der Waals surface area contributed by atoms with Gasteiger partial charge in [-0.3, -0.25) is 0 Å². The maximum Gasteiger partial charge on any atom is 0.176 e. The lowest BCUT2D eigenvalue weighted by Crippen LogP contribution is -3.00. The second kappa shape index (κ2) is 6.18. The van der Waals surface area contributed by atoms with Gasteiger partial charge in [-0.2, -0.15) is 0 Å². The highest BCUT2D eigenvalue weighted by atomic mass is 127. The number of hydrogen-bond acceptors (Lipinski definition) is 0. The fourth-order valence-corrected chi connectivity index (χ4v) is 1.72. The second-order valence-corrected chi connectivity index (χ2v) is 4.49. The molecule has 0 spiro atoms. The van der Waals surface area contributed by atoms with Gasteiger partial charge in [-0.15, -0.1) is 0 Å². The van der Waals surface area contributed by atoms with Crippen LogP contribution in [0.15, 0.2) is 42.7 Å². The zero-order valence-electron chi connectivity index (χ0n) is 9.86. The van der Waals surface area contributed by atoms with E-state index in [9.17, 15) is 0 Å². The lowest BCUT2D eigenvalue weighted by atomic mass is 10.1. The molecular weight excluding hydrogens is 309 g/mol. The van der Waals surface area contributed by atoms with Crippen molar-refractivity contribution in [3.05, 3.63) is 42.7 Å². The number of aryl methyl sites for hydroxylation is 1. The van der Waals surface area contributed by atoms with Crippen LogP contribution < -0.4 is 28.5 Å². The summed E-state index contributed by atoms with van der Waals surface area (Å²) in [6.45, 7) is 5.64. The lowest BCUT2D eigenvalue weighted by Gasteiger charge is -2.01. The van der Waals surface area contributed by atoms with E-state index in [1.54, 1.807) is 0 Å². The van der Waals surface area contributed by atoms with Gasteiger partial charge >= 0.3 is 0 Å². The summed E-state index contributed by atoms with van der Waals surface area (Å²) in [6, 6.07) is 10.7. The summed E-state index contributed by atoms with van der Waals surface area (Å²) in [5.74, 6) is 0.768. The van der Waals surface area contributed by atoms with E-state index < -0.39 is 0 Å². The Morgan fingerprint density at radius 2 is 1.75 bits per heavy atom. The molecule has 0 bridgehead atoms. The first kappa shape index (κ1) is 13.4. The summed E-state index contributed by atoms with van der Waals surface area (Å²) >= 11 is 0. The molecule has 0 aliphatic carbocycles. The Kier molecular flexibility index (Phi) is 5.19. The number of fused-ring (bicyclic) bond motifs is 1. The van der Waals surface area contributed by atoms with Gasteiger partial charge in [0.15, 0.2) is 12.4 Å². The Hall–Kier alpha value is -0.640. The van der Waals surface area contributed by atoms with Gasteiger partial charge in [-0.25, -0.2) is 4.57 Å². The molecule has 0 radical (unpaired) electrons. The normalized spacial score (nSPS) is 10.4. The van der Waals surface area contributed by atoms with Crippen LogP contribution in [0.3, 0.4) is 0 Å². The van der Waals surface area contributed by atoms with Gasteiger partial charge in [0.05, 0.1) is 0 Å². The number of benzene rings is 1. The van der Waals surface area contributed by atoms with E-state index in [1.807, 2.05) is 0 Å². The van der Waals surface area contributed by atoms with E-state index in [-0.39, 0.29) is 24.0 Å². The summed E-state index contributed by atoms with van der Waals surface area (Å²) in [6.07, 6.45) is 5.64. The van der Waals surface area contributed by atoms with E-state index in [4.69, 9.17) is 0 Å². The molecule has 0 aliphatic heterocycles. The van der Waals surface area contributed by atoms with E-state index in [0.29, 0.717) is 0 Å². The third-order valence-corrected chi connectivity index (χ3v) is 2.71. The summed E-state index contributed by atoms with van der Waals surface area (Å²) in [4.78, 5) is 0. The van der Waals surface area contributed by atoms with Crippen molar-refractivity contribution in [1.82, 2.24) is 0 Å². The Morgan fingerprint density at radius 3 is 2.44 bits per heavy atom. The monoisotopic (exact) mass is 327 g/mol. The molecule has 0 aliphatic rings. The van der Waals surface area contributed by atoms with Crippen molar-refractivity contribution in [1.29, 1.82) is 0 Å². The quantitative estimate of drug-likeness (QED) is 0.559. The van der Waals surface area contributed by atoms with Crippen molar-refractivity contribution >= 4 is 10.8 Å². The first-order valence-electron chi connectivity index (χ1n) is 5.63. The molecule has 2 heteroatoms. The molecule has 2 aromatic rings. The summed E-state index contributed by atoms with van der Waals surface area (Å²) in [5.41, 5.74) is 0. The molecule has 1 nitrogen and oxygen atoms in total. The molecule has 0 unspecified atom stereocenters. The fraction of sp³-hybridized carbons (Fsp3) is 0.357. The zero-order chi connectivity index (χ0) is 10.7. The van der Waals surface area contributed by atoms with Gasteiger partial charge in [-0.1, -0.05) is 32.0 Å². The van der Waals surface area contributed by atoms with E-state index >= 15 is 0 Å². The molecular formula is C14H18IN. The lowest BCUT2D eigenvalue weighted by molar-refractivity contribution is -0.696. The van der Waals surface area contributed by atoms with Crippen LogP contribution in [-0.2, 0) is 6.54 Å². The predicted octanol–water partition coefficient (Wildman–Crippen LogP) is 0.177. The number of pyridine rings is 1. The Balaban J connectivity index is 0.00000128. The minimum absolute atomic E-state index is 0. The molecule has 0 N–H and O–H groups in total. The van der Waals surface area contributed by atoms with Gasteiger partial charge in [-0.05, 0) is 17.4 Å². The topological polar surface area (TPSA) is 3.88 Å². The molecule has 86 valence electrons. The molecule has 0 saturated heterocycles. The van der Waals surface area contributed by atoms with Gasteiger partial charge in [0, 0.05) is 17.9 Å². The molecule has 0 amide bonds. The summed E-state index contributed by atoms with van der Waals surface area (Å²) in [7, 11) is 0. The van der Waals surface area contributed by atoms with Crippen molar-refractivity contribution in [2.24, 2.45) is 5.92 Å². The number of nitrogens with zero attached hydrogens (tertiary/aromatic N) is 1. The van der Waals surface area contributed by atoms with Crippen molar-refractivity contribution in [3.8, 4) is 0 Å². The first-order valence-corrected chi connectivity index (χ1v) is 5.63. The molecule has 0 fully saturated rings. The highest BCUT2D eigenvalue weighted by Crippen LogP contribution is 2.09. The van der Waals surface area contributed by atoms with E-state index in [2.05, 4.69) is 61.1 Å². The fourth-order valence-electron chi connectivity index (χ4n) is 1.72. The van der Waals surface area contributed by atoms with E-state index in [0.717, 1.165) is 12.5 Å². The smallest absolute Gasteiger partial charge is 0.176 e. The highest BCUT2D eigenvalue weighted by molar-refractivity contribution is 5.80. The number of aromatic nitrogens is 1. The van der Waals surface area contributed by atoms with Crippen LogP contribution in [0.5, 0.6) is 0 Å². The van der Waals surface area contributed by atoms with Crippen molar-refractivity contribution in [3.63, 3.8) is 0 Å². The van der Waals surface area contributed by atoms with Crippen LogP contribution in [0.2, 0.25) is 0 Å². The average Bonchev–Trinajstić information content (AvgIpc) is 2.26. The van der Waals surface area contributed by atoms with Gasteiger partial charge in [0.1, 0.15) is 6.54 Å². The second-order valence-electron chi connectivity index (χ2n) is 4.49. The molecule has 1 heterocycles. The minimum atomic E-state index is 0. The largest absolute Gasteiger partial charge is 1.00 e. The minimum Gasteiger partial charge on any atom is -1.00 e. The molecule has 1 aromatic carbocycles. The van der Waals surface area contributed by atoms with Crippen LogP contribution in [-0.4, -0.2) is 0 Å². The number of halogens is 1. The van der Waals surface area contributed by atoms with Crippen LogP contribution in [0.25, 0.3) is 10.8 Å². The predicted molar refractivity (Wildman–Crippen MR) is 63.6 cm³/mol. The van der Waals surface area contributed by atoms with Crippen LogP contribution in [0, 0.1) is 5.92 Å². The van der Waals surface area contributed by atoms with Gasteiger partial charge in [0.25, 0.3) is 0 Å². The molecule has 0 saturated carbocycles. The van der Waals surface area contributed by atoms with Crippen molar-refractivity contribution < 1.29 is 28.5 Å². The molecule has 0 atom stereocenters. The Labute approximate surface area is 115 Å². The third kappa shape index (κ3) is 3.44. The van der Waals surface area contributed by atoms with Crippen molar-refractivity contribution in [2.75, 3.05) is 0 Å². The summed E-state index contributed by atoms with van der Waals surface area (Å²) in [5, 5.41) is 2.64. The maximum atomic E-state index is 2.28. The number of rotatable bonds is 3. The third-order valence-electron chi connectivity index (χ3n) is 2.71. The molecule has 16 heavy (non-hydrogen) atoms. The zero-order valence-corrected chi connectivity index (χ0v) is 12.0. The average molecular weight is 327 g/mol. The first-order chi connectivity index (χ1) is 7.25. The molecule has 1 aromatic heterocycles. The van der Waals surface area contributed by atoms with Crippen LogP contribution >= 0.6 is 0 Å². The maximum absolute atomic E-state index is 2.28. The van der Waals surface area contributed by atoms with Crippen LogP contribution in [0.1, 0.15) is 20.3 Å². The summed E-state index contributed by atoms with van der Waals surface area (Å²) < 4.78 is 2.28. The van der Waals surface area contributed by atoms with E-state index in [1.165, 1.54) is 17.2 Å². The standard InChI is InChI=1S/C14H18N.HI/c1-12(2)7-9-15-10-8-13-5-3-4-6-14(13)11-15;/h3-6,8,10-12H,7,9H2,1-2H3;1H/q+1;/p-1. The number of hydrogen-bond donors (Lipinski definition) is 0. The van der Waals surface area contributed by atoms with Gasteiger partial charge < -0.3 is 24.0 Å². The van der Waals surface area contributed by atoms with Gasteiger partial charge in [0.2, 0.25) is 0 Å². The highest BCUT2D eigenvalue weighted by Gasteiger charge is 2.03. The Morgan fingerprint density at radius 1 is 1.06 bits per heavy atom.